The maximum atomic E-state index is 12.5. The van der Waals surface area contributed by atoms with Crippen LogP contribution in [0.25, 0.3) is 10.8 Å². The minimum Gasteiger partial charge on any atom is -0.294 e. The molecule has 0 aliphatic rings. The predicted molar refractivity (Wildman–Crippen MR) is 87.9 cm³/mol. The Morgan fingerprint density at radius 2 is 1.39 bits per heavy atom. The van der Waals surface area contributed by atoms with Gasteiger partial charge in [-0.05, 0) is 6.07 Å². The summed E-state index contributed by atoms with van der Waals surface area (Å²) in [5, 5.41) is 13.0. The van der Waals surface area contributed by atoms with Crippen molar-refractivity contribution in [2.75, 3.05) is 0 Å². The summed E-state index contributed by atoms with van der Waals surface area (Å²) >= 11 is 0. The van der Waals surface area contributed by atoms with Crippen molar-refractivity contribution in [3.05, 3.63) is 41.0 Å². The van der Waals surface area contributed by atoms with Crippen LogP contribution in [0.3, 0.4) is 0 Å². The van der Waals surface area contributed by atoms with Gasteiger partial charge in [0.1, 0.15) is 0 Å². The van der Waals surface area contributed by atoms with E-state index in [4.69, 9.17) is 0 Å². The Morgan fingerprint density at radius 3 is 1.96 bits per heavy atom. The lowest BCUT2D eigenvalue weighted by Crippen LogP contribution is -2.11. The maximum absolute atomic E-state index is 12.5. The van der Waals surface area contributed by atoms with Gasteiger partial charge < -0.3 is 0 Å². The number of hydrogen-bond acceptors (Lipinski definition) is 3. The lowest BCUT2D eigenvalue weighted by molar-refractivity contribution is 0.0955. The van der Waals surface area contributed by atoms with Crippen LogP contribution in [0.4, 0.5) is 0 Å². The molecule has 2 aromatic rings. The van der Waals surface area contributed by atoms with Gasteiger partial charge in [-0.25, -0.2) is 0 Å². The summed E-state index contributed by atoms with van der Waals surface area (Å²) < 4.78 is 0. The highest BCUT2D eigenvalue weighted by Crippen LogP contribution is 2.35. The highest BCUT2D eigenvalue weighted by molar-refractivity contribution is 6.22. The molecule has 0 atom stereocenters. The summed E-state index contributed by atoms with van der Waals surface area (Å²) in [6, 6.07) is 6.07. The average Bonchev–Trinajstić information content (AvgIpc) is 2.59. The zero-order chi connectivity index (χ0) is 17.1. The van der Waals surface area contributed by atoms with Gasteiger partial charge in [0.05, 0.1) is 0 Å². The van der Waals surface area contributed by atoms with Crippen molar-refractivity contribution in [3.8, 4) is 5.75 Å². The molecule has 4 nitrogen and oxygen atoms in total. The Bertz CT molecular complexity index is 803. The van der Waals surface area contributed by atoms with Gasteiger partial charge in [0, 0.05) is 46.7 Å². The largest absolute Gasteiger partial charge is 0.294 e. The highest BCUT2D eigenvalue weighted by Gasteiger charge is 2.24. The smallest absolute Gasteiger partial charge is 0.187 e. The predicted octanol–water partition coefficient (Wildman–Crippen LogP) is 4.76. The van der Waals surface area contributed by atoms with Gasteiger partial charge >= 0.3 is 0 Å². The fraction of sp³-hybridized carbons (Fsp3) is 0.316. The average molecular weight is 311 g/mol. The first-order chi connectivity index (χ1) is 11.0. The van der Waals surface area contributed by atoms with Crippen molar-refractivity contribution in [2.45, 2.75) is 40.0 Å². The van der Waals surface area contributed by atoms with E-state index in [0.717, 1.165) is 0 Å². The molecule has 4 heteroatoms. The lowest BCUT2D eigenvalue weighted by atomic mass is 9.87. The summed E-state index contributed by atoms with van der Waals surface area (Å²) in [7, 11) is 0. The molecule has 119 valence electrons. The molecule has 0 spiro atoms. The number of ketones is 3. The SMILES string of the molecule is CCC(=O)c1cc([O])c2cccc(C(=O)CC)c2c1C(=O)CC. The first-order valence-corrected chi connectivity index (χ1v) is 7.82. The van der Waals surface area contributed by atoms with Crippen LogP contribution in [-0.4, -0.2) is 17.3 Å². The monoisotopic (exact) mass is 311 g/mol. The van der Waals surface area contributed by atoms with E-state index in [9.17, 15) is 19.5 Å². The summed E-state index contributed by atoms with van der Waals surface area (Å²) in [6.45, 7) is 5.10. The van der Waals surface area contributed by atoms with Crippen LogP contribution >= 0.6 is 0 Å². The summed E-state index contributed by atoms with van der Waals surface area (Å²) in [6.07, 6.45) is 0.657. The fourth-order valence-corrected chi connectivity index (χ4v) is 2.74. The minimum absolute atomic E-state index is 0.133. The molecule has 0 unspecified atom stereocenters. The first-order valence-electron chi connectivity index (χ1n) is 7.82. The summed E-state index contributed by atoms with van der Waals surface area (Å²) in [5.74, 6) is -0.987. The molecule has 0 aliphatic carbocycles. The zero-order valence-corrected chi connectivity index (χ0v) is 13.6. The van der Waals surface area contributed by atoms with Crippen molar-refractivity contribution in [3.63, 3.8) is 0 Å². The van der Waals surface area contributed by atoms with E-state index in [1.165, 1.54) is 6.07 Å². The highest BCUT2D eigenvalue weighted by atomic mass is 16.3. The quantitative estimate of drug-likeness (QED) is 0.722. The molecule has 0 amide bonds. The third-order valence-corrected chi connectivity index (χ3v) is 3.97. The summed E-state index contributed by atoms with van der Waals surface area (Å²) in [4.78, 5) is 37.0. The Labute approximate surface area is 135 Å². The van der Waals surface area contributed by atoms with Crippen LogP contribution in [0.15, 0.2) is 24.3 Å². The molecule has 0 heterocycles. The van der Waals surface area contributed by atoms with Gasteiger partial charge in [-0.2, -0.15) is 0 Å². The molecule has 0 N–H and O–H groups in total. The van der Waals surface area contributed by atoms with Crippen LogP contribution in [0.5, 0.6) is 5.75 Å². The van der Waals surface area contributed by atoms with Crippen LogP contribution in [0.1, 0.15) is 71.1 Å². The molecular formula is C19H19O4. The number of carbonyl (C=O) groups excluding carboxylic acids is 3. The maximum Gasteiger partial charge on any atom is 0.187 e. The molecule has 2 aromatic carbocycles. The Kier molecular flexibility index (Phi) is 4.94. The fourth-order valence-electron chi connectivity index (χ4n) is 2.74. The van der Waals surface area contributed by atoms with E-state index in [1.54, 1.807) is 39.0 Å². The van der Waals surface area contributed by atoms with Gasteiger partial charge in [-0.3, -0.25) is 19.5 Å². The Morgan fingerprint density at radius 1 is 0.826 bits per heavy atom. The Hall–Kier alpha value is -2.49. The van der Waals surface area contributed by atoms with E-state index in [-0.39, 0.29) is 53.5 Å². The molecule has 0 aromatic heterocycles. The van der Waals surface area contributed by atoms with Crippen LogP contribution in [0, 0.1) is 0 Å². The molecule has 0 fully saturated rings. The second kappa shape index (κ2) is 6.73. The first kappa shape index (κ1) is 16.9. The van der Waals surface area contributed by atoms with Crippen molar-refractivity contribution >= 4 is 28.1 Å². The van der Waals surface area contributed by atoms with E-state index >= 15 is 0 Å². The molecule has 23 heavy (non-hydrogen) atoms. The molecule has 0 bridgehead atoms. The lowest BCUT2D eigenvalue weighted by Gasteiger charge is -2.14. The molecule has 0 saturated heterocycles. The standard InChI is InChI=1S/C19H19O4/c1-4-14(20)11-8-7-9-12-17(23)10-13(15(21)5-2)19(18(11)12)16(22)6-3/h7-10H,4-6H2,1-3H3. The third kappa shape index (κ3) is 2.89. The number of fused-ring (bicyclic) bond motifs is 1. The number of carbonyl (C=O) groups is 3. The topological polar surface area (TPSA) is 71.1 Å². The molecule has 0 aliphatic heterocycles. The number of rotatable bonds is 6. The number of Topliss-reactive ketones (excluding diaryl/α,β-unsaturated/α-hetero) is 3. The van der Waals surface area contributed by atoms with Crippen LogP contribution in [-0.2, 0) is 5.11 Å². The van der Waals surface area contributed by atoms with E-state index in [2.05, 4.69) is 0 Å². The second-order valence-electron chi connectivity index (χ2n) is 5.36. The molecule has 1 radical (unpaired) electrons. The van der Waals surface area contributed by atoms with Gasteiger partial charge in [-0.15, -0.1) is 0 Å². The number of benzene rings is 2. The van der Waals surface area contributed by atoms with Crippen molar-refractivity contribution in [1.29, 1.82) is 0 Å². The second-order valence-corrected chi connectivity index (χ2v) is 5.36. The molecule has 0 saturated carbocycles. The van der Waals surface area contributed by atoms with Gasteiger partial charge in [0.2, 0.25) is 0 Å². The third-order valence-electron chi connectivity index (χ3n) is 3.97. The molecule has 2 rings (SSSR count). The van der Waals surface area contributed by atoms with E-state index in [1.807, 2.05) is 0 Å². The Balaban J connectivity index is 3.02. The van der Waals surface area contributed by atoms with E-state index < -0.39 is 0 Å². The summed E-state index contributed by atoms with van der Waals surface area (Å²) in [5.41, 5.74) is 0.684. The minimum atomic E-state index is -0.338. The normalized spacial score (nSPS) is 10.7. The van der Waals surface area contributed by atoms with E-state index in [0.29, 0.717) is 16.3 Å². The molecular weight excluding hydrogens is 292 g/mol. The van der Waals surface area contributed by atoms with Gasteiger partial charge in [-0.1, -0.05) is 39.0 Å². The van der Waals surface area contributed by atoms with Crippen LogP contribution < -0.4 is 0 Å². The van der Waals surface area contributed by atoms with Crippen molar-refractivity contribution < 1.29 is 19.5 Å². The van der Waals surface area contributed by atoms with Crippen molar-refractivity contribution in [1.82, 2.24) is 0 Å². The number of hydrogen-bond donors (Lipinski definition) is 0. The van der Waals surface area contributed by atoms with Gasteiger partial charge in [0.25, 0.3) is 0 Å². The van der Waals surface area contributed by atoms with Crippen LogP contribution in [0.2, 0.25) is 0 Å². The van der Waals surface area contributed by atoms with Crippen molar-refractivity contribution in [2.24, 2.45) is 0 Å². The zero-order valence-electron chi connectivity index (χ0n) is 13.6. The van der Waals surface area contributed by atoms with Gasteiger partial charge in [0.15, 0.2) is 23.1 Å².